The van der Waals surface area contributed by atoms with Gasteiger partial charge in [-0.3, -0.25) is 0 Å². The molecule has 0 saturated heterocycles. The Morgan fingerprint density at radius 1 is 1.24 bits per heavy atom. The lowest BCUT2D eigenvalue weighted by Gasteiger charge is -2.21. The van der Waals surface area contributed by atoms with Crippen LogP contribution in [0.1, 0.15) is 13.8 Å². The van der Waals surface area contributed by atoms with E-state index >= 15 is 0 Å². The van der Waals surface area contributed by atoms with E-state index in [1.807, 2.05) is 49.0 Å². The molecule has 0 fully saturated rings. The fourth-order valence-electron chi connectivity index (χ4n) is 1.04. The van der Waals surface area contributed by atoms with Crippen LogP contribution in [0, 0.1) is 0 Å². The summed E-state index contributed by atoms with van der Waals surface area (Å²) < 4.78 is 11.5. The van der Waals surface area contributed by atoms with Gasteiger partial charge < -0.3 is 9.05 Å². The van der Waals surface area contributed by atoms with Crippen LogP contribution < -0.4 is 4.52 Å². The summed E-state index contributed by atoms with van der Waals surface area (Å²) in [5.74, 6) is 1.87. The molecule has 1 aromatic carbocycles. The van der Waals surface area contributed by atoms with Crippen molar-refractivity contribution in [2.45, 2.75) is 13.8 Å². The normalized spacial score (nSPS) is 14.2. The minimum atomic E-state index is -2.24. The fraction of sp³-hybridized carbons (Fsp3) is 0.455. The third-order valence-corrected chi connectivity index (χ3v) is 8.49. The van der Waals surface area contributed by atoms with Crippen LogP contribution in [0.5, 0.6) is 5.75 Å². The molecule has 0 radical (unpaired) electrons. The zero-order chi connectivity index (χ0) is 12.6. The number of para-hydroxylation sites is 1. The third kappa shape index (κ3) is 6.16. The van der Waals surface area contributed by atoms with E-state index in [0.29, 0.717) is 6.61 Å². The monoisotopic (exact) mass is 308 g/mol. The van der Waals surface area contributed by atoms with Gasteiger partial charge in [-0.25, -0.2) is 0 Å². The highest BCUT2D eigenvalue weighted by Gasteiger charge is 2.20. The van der Waals surface area contributed by atoms with E-state index in [1.54, 1.807) is 11.4 Å². The fourth-order valence-corrected chi connectivity index (χ4v) is 7.93. The van der Waals surface area contributed by atoms with Crippen molar-refractivity contribution in [2.75, 3.05) is 17.4 Å². The first-order chi connectivity index (χ1) is 8.20. The molecule has 0 aliphatic heterocycles. The van der Waals surface area contributed by atoms with Crippen LogP contribution >= 0.6 is 28.8 Å². The Morgan fingerprint density at radius 2 is 1.94 bits per heavy atom. The van der Waals surface area contributed by atoms with Crippen molar-refractivity contribution in [3.8, 4) is 5.75 Å². The Bertz CT molecular complexity index is 359. The molecular formula is C11H17O2PS3. The number of hydrogen-bond acceptors (Lipinski definition) is 5. The van der Waals surface area contributed by atoms with Crippen LogP contribution in [-0.2, 0) is 16.3 Å². The quantitative estimate of drug-likeness (QED) is 0.390. The summed E-state index contributed by atoms with van der Waals surface area (Å²) in [6.07, 6.45) is 0. The average Bonchev–Trinajstić information content (AvgIpc) is 2.31. The van der Waals surface area contributed by atoms with Crippen molar-refractivity contribution in [1.82, 2.24) is 0 Å². The van der Waals surface area contributed by atoms with E-state index < -0.39 is 5.69 Å². The van der Waals surface area contributed by atoms with Gasteiger partial charge in [0.1, 0.15) is 5.75 Å². The van der Waals surface area contributed by atoms with Gasteiger partial charge in [0, 0.05) is 5.08 Å². The Balaban J connectivity index is 2.61. The highest BCUT2D eigenvalue weighted by atomic mass is 32.9. The maximum atomic E-state index is 5.84. The van der Waals surface area contributed by atoms with Gasteiger partial charge >= 0.3 is 0 Å². The summed E-state index contributed by atoms with van der Waals surface area (Å²) in [6.45, 7) is 4.67. The van der Waals surface area contributed by atoms with Crippen LogP contribution in [0.25, 0.3) is 0 Å². The van der Waals surface area contributed by atoms with Gasteiger partial charge in [0.05, 0.1) is 6.61 Å². The second-order valence-electron chi connectivity index (χ2n) is 3.01. The van der Waals surface area contributed by atoms with Gasteiger partial charge in [-0.1, -0.05) is 25.1 Å². The highest BCUT2D eigenvalue weighted by molar-refractivity contribution is 8.69. The van der Waals surface area contributed by atoms with Crippen LogP contribution in [-0.4, -0.2) is 17.4 Å². The molecule has 1 unspecified atom stereocenters. The van der Waals surface area contributed by atoms with Gasteiger partial charge in [-0.2, -0.15) is 11.8 Å². The summed E-state index contributed by atoms with van der Waals surface area (Å²) in [7, 11) is 0. The minimum Gasteiger partial charge on any atom is -0.436 e. The lowest BCUT2D eigenvalue weighted by Crippen LogP contribution is -1.95. The molecule has 1 atom stereocenters. The Morgan fingerprint density at radius 3 is 2.53 bits per heavy atom. The molecular weight excluding hydrogens is 291 g/mol. The number of thioether (sulfide) groups is 1. The molecule has 0 aliphatic carbocycles. The summed E-state index contributed by atoms with van der Waals surface area (Å²) in [5.41, 5.74) is -2.24. The maximum absolute atomic E-state index is 5.84. The molecule has 17 heavy (non-hydrogen) atoms. The molecule has 0 amide bonds. The summed E-state index contributed by atoms with van der Waals surface area (Å²) in [5, 5.41) is 0.917. The first-order valence-corrected chi connectivity index (χ1v) is 10.8. The van der Waals surface area contributed by atoms with Gasteiger partial charge in [0.25, 0.3) is 5.69 Å². The molecule has 0 heterocycles. The molecule has 0 N–H and O–H groups in total. The third-order valence-electron chi connectivity index (χ3n) is 1.75. The first kappa shape index (κ1) is 15.4. The predicted molar refractivity (Wildman–Crippen MR) is 83.6 cm³/mol. The van der Waals surface area contributed by atoms with Gasteiger partial charge in [-0.05, 0) is 48.0 Å². The van der Waals surface area contributed by atoms with Gasteiger partial charge in [0.15, 0.2) is 0 Å². The predicted octanol–water partition coefficient (Wildman–Crippen LogP) is 4.77. The smallest absolute Gasteiger partial charge is 0.298 e. The zero-order valence-corrected chi connectivity index (χ0v) is 13.3. The van der Waals surface area contributed by atoms with Gasteiger partial charge in [-0.15, -0.1) is 0 Å². The van der Waals surface area contributed by atoms with Crippen LogP contribution in [0.2, 0.25) is 0 Å². The summed E-state index contributed by atoms with van der Waals surface area (Å²) >= 11 is 8.96. The van der Waals surface area contributed by atoms with Crippen LogP contribution in [0.4, 0.5) is 0 Å². The van der Waals surface area contributed by atoms with Crippen molar-refractivity contribution in [1.29, 1.82) is 0 Å². The lowest BCUT2D eigenvalue weighted by atomic mass is 10.3. The molecule has 0 saturated carbocycles. The average molecular weight is 308 g/mol. The number of hydrogen-bond donors (Lipinski definition) is 0. The molecule has 0 bridgehead atoms. The van der Waals surface area contributed by atoms with Crippen LogP contribution in [0.3, 0.4) is 0 Å². The molecule has 6 heteroatoms. The Hall–Kier alpha value is 0.330. The molecule has 1 aromatic rings. The Kier molecular flexibility index (Phi) is 7.64. The topological polar surface area (TPSA) is 18.5 Å². The van der Waals surface area contributed by atoms with E-state index in [1.165, 1.54) is 0 Å². The minimum absolute atomic E-state index is 0.591. The number of benzene rings is 1. The van der Waals surface area contributed by atoms with Crippen molar-refractivity contribution in [2.24, 2.45) is 0 Å². The van der Waals surface area contributed by atoms with E-state index in [-0.39, 0.29) is 0 Å². The van der Waals surface area contributed by atoms with Crippen molar-refractivity contribution < 1.29 is 9.05 Å². The largest absolute Gasteiger partial charge is 0.436 e. The zero-order valence-electron chi connectivity index (χ0n) is 10.00. The van der Waals surface area contributed by atoms with E-state index in [9.17, 15) is 0 Å². The maximum Gasteiger partial charge on any atom is 0.298 e. The summed E-state index contributed by atoms with van der Waals surface area (Å²) in [4.78, 5) is 0. The standard InChI is InChI=1S/C11H17O2PS3/c1-3-12-14(15,17-10-16-4-2)13-11-8-6-5-7-9-11/h5-9H,3-4,10H2,1-2H3. The molecule has 1 rings (SSSR count). The number of rotatable bonds is 8. The highest BCUT2D eigenvalue weighted by Crippen LogP contribution is 2.61. The lowest BCUT2D eigenvalue weighted by molar-refractivity contribution is 0.344. The molecule has 96 valence electrons. The van der Waals surface area contributed by atoms with Crippen molar-refractivity contribution in [3.63, 3.8) is 0 Å². The molecule has 0 spiro atoms. The van der Waals surface area contributed by atoms with Crippen molar-refractivity contribution in [3.05, 3.63) is 30.3 Å². The van der Waals surface area contributed by atoms with Crippen molar-refractivity contribution >= 4 is 40.6 Å². The van der Waals surface area contributed by atoms with E-state index in [4.69, 9.17) is 20.9 Å². The van der Waals surface area contributed by atoms with Crippen LogP contribution in [0.15, 0.2) is 30.3 Å². The molecule has 2 nitrogen and oxygen atoms in total. The van der Waals surface area contributed by atoms with Gasteiger partial charge in [0.2, 0.25) is 0 Å². The second kappa shape index (κ2) is 8.44. The first-order valence-electron chi connectivity index (χ1n) is 5.41. The molecule has 0 aromatic heterocycles. The molecule has 0 aliphatic rings. The second-order valence-corrected chi connectivity index (χ2v) is 10.9. The Labute approximate surface area is 117 Å². The van der Waals surface area contributed by atoms with E-state index in [0.717, 1.165) is 16.6 Å². The summed E-state index contributed by atoms with van der Waals surface area (Å²) in [6, 6.07) is 9.65. The SMILES string of the molecule is CCOP(=S)(Oc1ccccc1)SCSCC. The van der Waals surface area contributed by atoms with E-state index in [2.05, 4.69) is 6.92 Å².